The number of halogens is 1. The van der Waals surface area contributed by atoms with E-state index in [0.717, 1.165) is 26.7 Å². The van der Waals surface area contributed by atoms with Gasteiger partial charge in [0.15, 0.2) is 0 Å². The van der Waals surface area contributed by atoms with Gasteiger partial charge in [0.1, 0.15) is 0 Å². The Bertz CT molecular complexity index is 572. The highest BCUT2D eigenvalue weighted by atomic mass is 79.9. The van der Waals surface area contributed by atoms with Gasteiger partial charge in [-0.15, -0.1) is 6.42 Å². The van der Waals surface area contributed by atoms with Gasteiger partial charge >= 0.3 is 0 Å². The Labute approximate surface area is 117 Å². The molecule has 2 rings (SSSR count). The lowest BCUT2D eigenvalue weighted by molar-refractivity contribution is -0.122. The van der Waals surface area contributed by atoms with Crippen LogP contribution in [0.4, 0.5) is 4.79 Å². The summed E-state index contributed by atoms with van der Waals surface area (Å²) in [4.78, 5) is 24.9. The fourth-order valence-electron chi connectivity index (χ4n) is 1.44. The van der Waals surface area contributed by atoms with Crippen LogP contribution in [0.1, 0.15) is 5.56 Å². The van der Waals surface area contributed by atoms with Crippen LogP contribution in [-0.4, -0.2) is 22.6 Å². The zero-order valence-corrected chi connectivity index (χ0v) is 11.6. The zero-order chi connectivity index (χ0) is 13.1. The lowest BCUT2D eigenvalue weighted by atomic mass is 10.2. The lowest BCUT2D eigenvalue weighted by Gasteiger charge is -2.06. The number of rotatable bonds is 2. The first-order valence-corrected chi connectivity index (χ1v) is 6.67. The minimum atomic E-state index is -0.328. The van der Waals surface area contributed by atoms with Crippen molar-refractivity contribution in [1.82, 2.24) is 4.90 Å². The third-order valence-electron chi connectivity index (χ3n) is 2.29. The van der Waals surface area contributed by atoms with Crippen LogP contribution in [0.15, 0.2) is 33.6 Å². The van der Waals surface area contributed by atoms with Gasteiger partial charge in [-0.1, -0.05) is 34.0 Å². The summed E-state index contributed by atoms with van der Waals surface area (Å²) in [6.07, 6.45) is 6.81. The molecule has 5 heteroatoms. The van der Waals surface area contributed by atoms with Gasteiger partial charge in [0.05, 0.1) is 11.4 Å². The highest BCUT2D eigenvalue weighted by Crippen LogP contribution is 2.31. The number of carbonyl (C=O) groups excluding carboxylic acids is 2. The number of benzene rings is 1. The van der Waals surface area contributed by atoms with Gasteiger partial charge in [-0.25, -0.2) is 0 Å². The summed E-state index contributed by atoms with van der Waals surface area (Å²) < 4.78 is 0.958. The molecular weight excluding hydrogens is 314 g/mol. The summed E-state index contributed by atoms with van der Waals surface area (Å²) in [6.45, 7) is 0.0162. The lowest BCUT2D eigenvalue weighted by Crippen LogP contribution is -2.28. The molecule has 1 aromatic rings. The number of nitrogens with zero attached hydrogens (tertiary/aromatic N) is 1. The van der Waals surface area contributed by atoms with E-state index in [9.17, 15) is 9.59 Å². The summed E-state index contributed by atoms with van der Waals surface area (Å²) >= 11 is 4.24. The number of terminal acetylenes is 1. The third-order valence-corrected chi connectivity index (χ3v) is 3.73. The van der Waals surface area contributed by atoms with Crippen molar-refractivity contribution >= 4 is 44.9 Å². The summed E-state index contributed by atoms with van der Waals surface area (Å²) in [7, 11) is 0. The maximum atomic E-state index is 11.9. The molecule has 1 fully saturated rings. The zero-order valence-electron chi connectivity index (χ0n) is 9.22. The summed E-state index contributed by atoms with van der Waals surface area (Å²) in [5.74, 6) is 1.97. The molecule has 0 aromatic heterocycles. The van der Waals surface area contributed by atoms with Crippen molar-refractivity contribution in [2.75, 3.05) is 6.54 Å². The molecule has 1 aliphatic rings. The van der Waals surface area contributed by atoms with Gasteiger partial charge in [0.2, 0.25) is 0 Å². The Morgan fingerprint density at radius 3 is 2.61 bits per heavy atom. The second-order valence-electron chi connectivity index (χ2n) is 3.52. The highest BCUT2D eigenvalue weighted by Gasteiger charge is 2.34. The molecule has 90 valence electrons. The molecule has 1 heterocycles. The van der Waals surface area contributed by atoms with E-state index in [1.807, 2.05) is 24.3 Å². The van der Waals surface area contributed by atoms with E-state index in [2.05, 4.69) is 21.9 Å². The van der Waals surface area contributed by atoms with Gasteiger partial charge in [-0.2, -0.15) is 0 Å². The Kier molecular flexibility index (Phi) is 3.90. The minimum Gasteiger partial charge on any atom is -0.268 e. The number of hydrogen-bond donors (Lipinski definition) is 0. The molecule has 0 N–H and O–H groups in total. The van der Waals surface area contributed by atoms with E-state index in [-0.39, 0.29) is 17.7 Å². The monoisotopic (exact) mass is 321 g/mol. The molecule has 2 amide bonds. The van der Waals surface area contributed by atoms with Gasteiger partial charge in [-0.3, -0.25) is 14.5 Å². The summed E-state index contributed by atoms with van der Waals surface area (Å²) in [6, 6.07) is 7.47. The quantitative estimate of drug-likeness (QED) is 0.620. The SMILES string of the molecule is C#CCN1C(=O)S/C(=C\c2ccc(Br)cc2)C1=O. The predicted octanol–water partition coefficient (Wildman–Crippen LogP) is 3.12. The molecular formula is C13H8BrNO2S. The van der Waals surface area contributed by atoms with E-state index >= 15 is 0 Å². The van der Waals surface area contributed by atoms with Gasteiger partial charge in [-0.05, 0) is 35.5 Å². The standard InChI is InChI=1S/C13H8BrNO2S/c1-2-7-15-12(16)11(18-13(15)17)8-9-3-5-10(14)6-4-9/h1,3-6,8H,7H2/b11-8-. The predicted molar refractivity (Wildman–Crippen MR) is 75.7 cm³/mol. The first-order chi connectivity index (χ1) is 8.61. The van der Waals surface area contributed by atoms with Crippen LogP contribution >= 0.6 is 27.7 Å². The second kappa shape index (κ2) is 5.42. The van der Waals surface area contributed by atoms with Crippen LogP contribution in [0.3, 0.4) is 0 Å². The number of thioether (sulfide) groups is 1. The van der Waals surface area contributed by atoms with E-state index in [0.29, 0.717) is 4.91 Å². The molecule has 0 radical (unpaired) electrons. The Hall–Kier alpha value is -1.51. The summed E-state index contributed by atoms with van der Waals surface area (Å²) in [5.41, 5.74) is 0.865. The van der Waals surface area contributed by atoms with Gasteiger partial charge in [0, 0.05) is 4.47 Å². The van der Waals surface area contributed by atoms with Crippen molar-refractivity contribution < 1.29 is 9.59 Å². The van der Waals surface area contributed by atoms with E-state index in [1.54, 1.807) is 6.08 Å². The number of imide groups is 1. The average Bonchev–Trinajstić information content (AvgIpc) is 2.60. The van der Waals surface area contributed by atoms with Gasteiger partial charge < -0.3 is 0 Å². The molecule has 0 atom stereocenters. The molecule has 1 aliphatic heterocycles. The van der Waals surface area contributed by atoms with Crippen molar-refractivity contribution in [2.24, 2.45) is 0 Å². The van der Waals surface area contributed by atoms with Crippen LogP contribution < -0.4 is 0 Å². The molecule has 3 nitrogen and oxygen atoms in total. The third kappa shape index (κ3) is 2.66. The van der Waals surface area contributed by atoms with Crippen molar-refractivity contribution in [3.63, 3.8) is 0 Å². The van der Waals surface area contributed by atoms with Crippen LogP contribution in [0, 0.1) is 12.3 Å². The smallest absolute Gasteiger partial charge is 0.268 e. The molecule has 0 spiro atoms. The van der Waals surface area contributed by atoms with E-state index < -0.39 is 0 Å². The van der Waals surface area contributed by atoms with Crippen molar-refractivity contribution in [3.8, 4) is 12.3 Å². The Morgan fingerprint density at radius 1 is 1.33 bits per heavy atom. The topological polar surface area (TPSA) is 37.4 Å². The normalized spacial score (nSPS) is 17.3. The van der Waals surface area contributed by atoms with Gasteiger partial charge in [0.25, 0.3) is 11.1 Å². The maximum absolute atomic E-state index is 11.9. The molecule has 1 saturated heterocycles. The van der Waals surface area contributed by atoms with Crippen LogP contribution in [0.5, 0.6) is 0 Å². The van der Waals surface area contributed by atoms with Crippen molar-refractivity contribution in [3.05, 3.63) is 39.2 Å². The number of carbonyl (C=O) groups is 2. The molecule has 18 heavy (non-hydrogen) atoms. The number of hydrogen-bond acceptors (Lipinski definition) is 3. The van der Waals surface area contributed by atoms with E-state index in [4.69, 9.17) is 6.42 Å². The average molecular weight is 322 g/mol. The second-order valence-corrected chi connectivity index (χ2v) is 5.43. The van der Waals surface area contributed by atoms with Crippen LogP contribution in [0.25, 0.3) is 6.08 Å². The first-order valence-electron chi connectivity index (χ1n) is 5.06. The van der Waals surface area contributed by atoms with E-state index in [1.165, 1.54) is 0 Å². The Balaban J connectivity index is 2.25. The molecule has 0 unspecified atom stereocenters. The minimum absolute atomic E-state index is 0.0162. The molecule has 0 aliphatic carbocycles. The molecule has 0 saturated carbocycles. The Morgan fingerprint density at radius 2 is 2.00 bits per heavy atom. The first kappa shape index (κ1) is 12.9. The summed E-state index contributed by atoms with van der Waals surface area (Å²) in [5, 5.41) is -0.318. The largest absolute Gasteiger partial charge is 0.294 e. The fourth-order valence-corrected chi connectivity index (χ4v) is 2.54. The maximum Gasteiger partial charge on any atom is 0.294 e. The van der Waals surface area contributed by atoms with Crippen molar-refractivity contribution in [2.45, 2.75) is 0 Å². The highest BCUT2D eigenvalue weighted by molar-refractivity contribution is 9.10. The molecule has 1 aromatic carbocycles. The van der Waals surface area contributed by atoms with Crippen LogP contribution in [0.2, 0.25) is 0 Å². The van der Waals surface area contributed by atoms with Crippen molar-refractivity contribution in [1.29, 1.82) is 0 Å². The van der Waals surface area contributed by atoms with Crippen LogP contribution in [-0.2, 0) is 4.79 Å². The molecule has 0 bridgehead atoms. The fraction of sp³-hybridized carbons (Fsp3) is 0.0769. The number of amides is 2.